The maximum absolute atomic E-state index is 12.9. The Morgan fingerprint density at radius 3 is 0.789 bits per heavy atom. The van der Waals surface area contributed by atoms with Crippen molar-refractivity contribution in [2.75, 3.05) is 13.2 Å². The van der Waals surface area contributed by atoms with E-state index in [4.69, 9.17) is 14.2 Å². The smallest absolute Gasteiger partial charge is 0.306 e. The first-order valence-electron chi connectivity index (χ1n) is 31.5. The molecule has 0 spiro atoms. The number of rotatable bonds is 58. The van der Waals surface area contributed by atoms with E-state index in [-0.39, 0.29) is 31.1 Å². The molecule has 0 rings (SSSR count). The molecule has 0 saturated carbocycles. The van der Waals surface area contributed by atoms with Gasteiger partial charge in [0, 0.05) is 19.3 Å². The van der Waals surface area contributed by atoms with Gasteiger partial charge in [-0.25, -0.2) is 0 Å². The molecule has 0 saturated heterocycles. The Hall–Kier alpha value is -2.37. The zero-order chi connectivity index (χ0) is 51.4. The van der Waals surface area contributed by atoms with Gasteiger partial charge in [-0.2, -0.15) is 0 Å². The monoisotopic (exact) mass is 997 g/mol. The van der Waals surface area contributed by atoms with Crippen LogP contribution in [0.2, 0.25) is 0 Å². The third kappa shape index (κ3) is 58.4. The van der Waals surface area contributed by atoms with Crippen molar-refractivity contribution in [3.8, 4) is 0 Å². The fourth-order valence-electron chi connectivity index (χ4n) is 9.37. The van der Waals surface area contributed by atoms with Crippen LogP contribution in [-0.4, -0.2) is 37.2 Å². The first-order chi connectivity index (χ1) is 35.0. The summed E-state index contributed by atoms with van der Waals surface area (Å²) in [7, 11) is 0. The van der Waals surface area contributed by atoms with Crippen LogP contribution in [0.15, 0.2) is 36.5 Å². The van der Waals surface area contributed by atoms with E-state index in [1.54, 1.807) is 0 Å². The number of hydrogen-bond donors (Lipinski definition) is 0. The van der Waals surface area contributed by atoms with E-state index in [9.17, 15) is 14.4 Å². The summed E-state index contributed by atoms with van der Waals surface area (Å²) in [5, 5.41) is 0. The molecule has 0 amide bonds. The summed E-state index contributed by atoms with van der Waals surface area (Å²) in [5.74, 6) is -0.873. The van der Waals surface area contributed by atoms with Crippen LogP contribution in [0.1, 0.15) is 342 Å². The van der Waals surface area contributed by atoms with Gasteiger partial charge in [-0.3, -0.25) is 14.4 Å². The molecule has 0 radical (unpaired) electrons. The quantitative estimate of drug-likeness (QED) is 0.0199. The van der Waals surface area contributed by atoms with E-state index in [0.29, 0.717) is 19.3 Å². The topological polar surface area (TPSA) is 78.9 Å². The number of carbonyl (C=O) groups excluding carboxylic acids is 3. The standard InChI is InChI=1S/C65H120O6/c1-4-7-10-13-16-19-22-25-28-31-33-35-37-40-43-46-49-52-55-58-64(67)70-61-62(60-69-63(66)57-54-51-48-45-42-39-36-30-27-24-21-18-15-12-9-6-3)71-65(68)59-56-53-50-47-44-41-38-34-32-29-26-23-20-17-14-11-8-5-2/h29,31-34,38,62H,4-28,30,35-37,39-61H2,1-3H3/b32-29-,33-31-,38-34-. The van der Waals surface area contributed by atoms with Crippen LogP contribution in [0.5, 0.6) is 0 Å². The minimum absolute atomic E-state index is 0.0758. The average Bonchev–Trinajstić information content (AvgIpc) is 3.37. The molecule has 0 aliphatic heterocycles. The van der Waals surface area contributed by atoms with Crippen molar-refractivity contribution in [2.45, 2.75) is 348 Å². The van der Waals surface area contributed by atoms with Crippen molar-refractivity contribution >= 4 is 17.9 Å². The molecule has 0 aromatic rings. The lowest BCUT2D eigenvalue weighted by molar-refractivity contribution is -0.167. The molecule has 6 nitrogen and oxygen atoms in total. The number of hydrogen-bond acceptors (Lipinski definition) is 6. The van der Waals surface area contributed by atoms with E-state index in [1.807, 2.05) is 0 Å². The highest BCUT2D eigenvalue weighted by atomic mass is 16.6. The number of carbonyl (C=O) groups is 3. The molecule has 1 atom stereocenters. The first-order valence-corrected chi connectivity index (χ1v) is 31.5. The summed E-state index contributed by atoms with van der Waals surface area (Å²) in [4.78, 5) is 38.3. The predicted octanol–water partition coefficient (Wildman–Crippen LogP) is 21.2. The molecule has 0 aromatic heterocycles. The number of ether oxygens (including phenoxy) is 3. The lowest BCUT2D eigenvalue weighted by Gasteiger charge is -2.18. The molecule has 0 aromatic carbocycles. The van der Waals surface area contributed by atoms with Crippen molar-refractivity contribution < 1.29 is 28.6 Å². The predicted molar refractivity (Wildman–Crippen MR) is 307 cm³/mol. The highest BCUT2D eigenvalue weighted by molar-refractivity contribution is 5.71. The summed E-state index contributed by atoms with van der Waals surface area (Å²) in [6.07, 6.45) is 72.8. The van der Waals surface area contributed by atoms with Gasteiger partial charge in [0.15, 0.2) is 6.10 Å². The van der Waals surface area contributed by atoms with Gasteiger partial charge in [0.2, 0.25) is 0 Å². The molecule has 416 valence electrons. The van der Waals surface area contributed by atoms with Crippen molar-refractivity contribution in [2.24, 2.45) is 0 Å². The van der Waals surface area contributed by atoms with Crippen LogP contribution in [0, 0.1) is 0 Å². The van der Waals surface area contributed by atoms with Gasteiger partial charge in [0.1, 0.15) is 13.2 Å². The van der Waals surface area contributed by atoms with E-state index < -0.39 is 6.10 Å². The van der Waals surface area contributed by atoms with Crippen LogP contribution in [0.25, 0.3) is 0 Å². The lowest BCUT2D eigenvalue weighted by atomic mass is 10.0. The second-order valence-electron chi connectivity index (χ2n) is 21.4. The Kier molecular flexibility index (Phi) is 58.2. The maximum atomic E-state index is 12.9. The van der Waals surface area contributed by atoms with Gasteiger partial charge >= 0.3 is 17.9 Å². The summed E-state index contributed by atoms with van der Waals surface area (Å²) in [6, 6.07) is 0. The molecular weight excluding hydrogens is 877 g/mol. The Bertz CT molecular complexity index is 1190. The van der Waals surface area contributed by atoms with Gasteiger partial charge in [-0.1, -0.05) is 288 Å². The van der Waals surface area contributed by atoms with Crippen molar-refractivity contribution in [3.05, 3.63) is 36.5 Å². The Morgan fingerprint density at radius 2 is 0.507 bits per heavy atom. The molecule has 0 fully saturated rings. The zero-order valence-electron chi connectivity index (χ0n) is 47.8. The number of esters is 3. The molecule has 0 bridgehead atoms. The van der Waals surface area contributed by atoms with Crippen LogP contribution in [-0.2, 0) is 28.6 Å². The van der Waals surface area contributed by atoms with Gasteiger partial charge < -0.3 is 14.2 Å². The van der Waals surface area contributed by atoms with Crippen molar-refractivity contribution in [1.82, 2.24) is 0 Å². The van der Waals surface area contributed by atoms with E-state index in [2.05, 4.69) is 57.2 Å². The molecule has 1 unspecified atom stereocenters. The van der Waals surface area contributed by atoms with Crippen molar-refractivity contribution in [3.63, 3.8) is 0 Å². The fraction of sp³-hybridized carbons (Fsp3) is 0.862. The van der Waals surface area contributed by atoms with E-state index >= 15 is 0 Å². The molecule has 0 aliphatic rings. The normalized spacial score (nSPS) is 12.2. The van der Waals surface area contributed by atoms with Gasteiger partial charge in [0.05, 0.1) is 0 Å². The van der Waals surface area contributed by atoms with Crippen molar-refractivity contribution in [1.29, 1.82) is 0 Å². The molecule has 0 aliphatic carbocycles. The maximum Gasteiger partial charge on any atom is 0.306 e. The highest BCUT2D eigenvalue weighted by Gasteiger charge is 2.19. The molecule has 0 heterocycles. The minimum Gasteiger partial charge on any atom is -0.462 e. The molecule has 0 N–H and O–H groups in total. The Labute approximate surface area is 442 Å². The van der Waals surface area contributed by atoms with Gasteiger partial charge in [0.25, 0.3) is 0 Å². The Morgan fingerprint density at radius 1 is 0.282 bits per heavy atom. The largest absolute Gasteiger partial charge is 0.462 e. The van der Waals surface area contributed by atoms with E-state index in [1.165, 1.54) is 225 Å². The third-order valence-corrected chi connectivity index (χ3v) is 14.1. The lowest BCUT2D eigenvalue weighted by Crippen LogP contribution is -2.30. The minimum atomic E-state index is -0.780. The SMILES string of the molecule is CCCCCCCCC/C=C\C=C/CCCCCCCC(=O)OC(COC(=O)CCCCCCCCC/C=C\CCCCCCCCCC)COC(=O)CCCCCCCCCCCCCCCCCC. The van der Waals surface area contributed by atoms with Crippen LogP contribution in [0.3, 0.4) is 0 Å². The average molecular weight is 998 g/mol. The van der Waals surface area contributed by atoms with Crippen LogP contribution < -0.4 is 0 Å². The highest BCUT2D eigenvalue weighted by Crippen LogP contribution is 2.17. The molecule has 6 heteroatoms. The Balaban J connectivity index is 4.37. The summed E-state index contributed by atoms with van der Waals surface area (Å²) in [6.45, 7) is 6.68. The first kappa shape index (κ1) is 68.6. The number of unbranched alkanes of at least 4 members (excludes halogenated alkanes) is 42. The second-order valence-corrected chi connectivity index (χ2v) is 21.4. The van der Waals surface area contributed by atoms with Gasteiger partial charge in [-0.05, 0) is 70.6 Å². The van der Waals surface area contributed by atoms with Gasteiger partial charge in [-0.15, -0.1) is 0 Å². The summed E-state index contributed by atoms with van der Waals surface area (Å²) in [5.41, 5.74) is 0. The third-order valence-electron chi connectivity index (χ3n) is 14.1. The van der Waals surface area contributed by atoms with E-state index in [0.717, 1.165) is 77.0 Å². The molecular formula is C65H120O6. The fourth-order valence-corrected chi connectivity index (χ4v) is 9.37. The zero-order valence-corrected chi connectivity index (χ0v) is 47.8. The van der Waals surface area contributed by atoms with Crippen LogP contribution in [0.4, 0.5) is 0 Å². The molecule has 71 heavy (non-hydrogen) atoms. The second kappa shape index (κ2) is 60.2. The summed E-state index contributed by atoms with van der Waals surface area (Å²) >= 11 is 0. The summed E-state index contributed by atoms with van der Waals surface area (Å²) < 4.78 is 16.9. The number of allylic oxidation sites excluding steroid dienone is 6. The van der Waals surface area contributed by atoms with Crippen LogP contribution >= 0.6 is 0 Å².